The molecule has 1 aromatic heterocycles. The second kappa shape index (κ2) is 6.55. The first kappa shape index (κ1) is 15.6. The standard InChI is InChI=1S/C19H18FN3O2/c20-15-2-4-16(5-3-15)22-7-9-23(10-8-22)19(24)12-14-1-6-17-18(11-14)25-13-21-17/h1-6,11,13H,7-10,12H2. The highest BCUT2D eigenvalue weighted by molar-refractivity contribution is 5.81. The number of hydrogen-bond acceptors (Lipinski definition) is 4. The maximum Gasteiger partial charge on any atom is 0.227 e. The smallest absolute Gasteiger partial charge is 0.227 e. The van der Waals surface area contributed by atoms with E-state index in [0.29, 0.717) is 25.1 Å². The number of carbonyl (C=O) groups excluding carboxylic acids is 1. The van der Waals surface area contributed by atoms with Gasteiger partial charge < -0.3 is 14.2 Å². The van der Waals surface area contributed by atoms with Crippen molar-refractivity contribution in [2.75, 3.05) is 31.1 Å². The van der Waals surface area contributed by atoms with E-state index in [4.69, 9.17) is 4.42 Å². The average Bonchev–Trinajstić information content (AvgIpc) is 3.10. The molecule has 1 saturated heterocycles. The normalized spacial score (nSPS) is 14.9. The number of nitrogens with zero attached hydrogens (tertiary/aromatic N) is 3. The lowest BCUT2D eigenvalue weighted by atomic mass is 10.1. The minimum Gasteiger partial charge on any atom is -0.443 e. The quantitative estimate of drug-likeness (QED) is 0.736. The van der Waals surface area contributed by atoms with E-state index in [9.17, 15) is 9.18 Å². The minimum atomic E-state index is -0.235. The van der Waals surface area contributed by atoms with Crippen LogP contribution in [0, 0.1) is 5.82 Å². The number of piperazine rings is 1. The molecule has 2 heterocycles. The molecule has 1 aliphatic rings. The van der Waals surface area contributed by atoms with Gasteiger partial charge in [0.05, 0.1) is 6.42 Å². The Labute approximate surface area is 144 Å². The lowest BCUT2D eigenvalue weighted by Crippen LogP contribution is -2.49. The molecule has 0 unspecified atom stereocenters. The van der Waals surface area contributed by atoms with Crippen molar-refractivity contribution in [2.45, 2.75) is 6.42 Å². The molecule has 0 saturated carbocycles. The van der Waals surface area contributed by atoms with Crippen molar-refractivity contribution < 1.29 is 13.6 Å². The number of fused-ring (bicyclic) bond motifs is 1. The Balaban J connectivity index is 1.36. The molecule has 1 fully saturated rings. The molecular formula is C19H18FN3O2. The third kappa shape index (κ3) is 3.33. The molecule has 0 N–H and O–H groups in total. The molecule has 0 aliphatic carbocycles. The fraction of sp³-hybridized carbons (Fsp3) is 0.263. The minimum absolute atomic E-state index is 0.109. The number of anilines is 1. The summed E-state index contributed by atoms with van der Waals surface area (Å²) in [6, 6.07) is 12.1. The highest BCUT2D eigenvalue weighted by Crippen LogP contribution is 2.18. The number of rotatable bonds is 3. The van der Waals surface area contributed by atoms with Gasteiger partial charge in [0.15, 0.2) is 12.0 Å². The van der Waals surface area contributed by atoms with E-state index >= 15 is 0 Å². The summed E-state index contributed by atoms with van der Waals surface area (Å²) in [4.78, 5) is 20.7. The summed E-state index contributed by atoms with van der Waals surface area (Å²) in [5, 5.41) is 0. The maximum absolute atomic E-state index is 13.0. The van der Waals surface area contributed by atoms with Crippen LogP contribution in [0.25, 0.3) is 11.1 Å². The van der Waals surface area contributed by atoms with Gasteiger partial charge in [-0.1, -0.05) is 6.07 Å². The van der Waals surface area contributed by atoms with Crippen molar-refractivity contribution in [3.63, 3.8) is 0 Å². The van der Waals surface area contributed by atoms with Crippen molar-refractivity contribution in [3.8, 4) is 0 Å². The van der Waals surface area contributed by atoms with Crippen LogP contribution in [0.5, 0.6) is 0 Å². The van der Waals surface area contributed by atoms with Gasteiger partial charge in [0, 0.05) is 31.9 Å². The van der Waals surface area contributed by atoms with Crippen LogP contribution in [0.15, 0.2) is 53.3 Å². The largest absolute Gasteiger partial charge is 0.443 e. The molecule has 1 aliphatic heterocycles. The van der Waals surface area contributed by atoms with Gasteiger partial charge in [0.2, 0.25) is 5.91 Å². The van der Waals surface area contributed by atoms with Gasteiger partial charge in [-0.05, 0) is 42.0 Å². The van der Waals surface area contributed by atoms with Gasteiger partial charge in [-0.15, -0.1) is 0 Å². The van der Waals surface area contributed by atoms with Crippen molar-refractivity contribution in [2.24, 2.45) is 0 Å². The van der Waals surface area contributed by atoms with Crippen molar-refractivity contribution >= 4 is 22.7 Å². The molecule has 25 heavy (non-hydrogen) atoms. The average molecular weight is 339 g/mol. The summed E-state index contributed by atoms with van der Waals surface area (Å²) in [5.41, 5.74) is 3.41. The fourth-order valence-corrected chi connectivity index (χ4v) is 3.16. The number of benzene rings is 2. The predicted octanol–water partition coefficient (Wildman–Crippen LogP) is 2.86. The summed E-state index contributed by atoms with van der Waals surface area (Å²) in [7, 11) is 0. The Morgan fingerprint density at radius 3 is 2.60 bits per heavy atom. The highest BCUT2D eigenvalue weighted by atomic mass is 19.1. The molecule has 6 heteroatoms. The SMILES string of the molecule is O=C(Cc1ccc2ncoc2c1)N1CCN(c2ccc(F)cc2)CC1. The van der Waals surface area contributed by atoms with Crippen molar-refractivity contribution in [3.05, 3.63) is 60.2 Å². The lowest BCUT2D eigenvalue weighted by molar-refractivity contribution is -0.130. The lowest BCUT2D eigenvalue weighted by Gasteiger charge is -2.36. The second-order valence-corrected chi connectivity index (χ2v) is 6.18. The van der Waals surface area contributed by atoms with Gasteiger partial charge in [-0.25, -0.2) is 9.37 Å². The number of hydrogen-bond donors (Lipinski definition) is 0. The summed E-state index contributed by atoms with van der Waals surface area (Å²) in [6.45, 7) is 2.83. The zero-order valence-corrected chi connectivity index (χ0v) is 13.7. The number of aromatic nitrogens is 1. The molecule has 0 bridgehead atoms. The van der Waals surface area contributed by atoms with Crippen LogP contribution < -0.4 is 4.90 Å². The highest BCUT2D eigenvalue weighted by Gasteiger charge is 2.21. The molecule has 5 nitrogen and oxygen atoms in total. The first-order valence-electron chi connectivity index (χ1n) is 8.29. The topological polar surface area (TPSA) is 49.6 Å². The Morgan fingerprint density at radius 2 is 1.84 bits per heavy atom. The van der Waals surface area contributed by atoms with Gasteiger partial charge in [-0.2, -0.15) is 0 Å². The van der Waals surface area contributed by atoms with E-state index in [2.05, 4.69) is 9.88 Å². The monoisotopic (exact) mass is 339 g/mol. The Morgan fingerprint density at radius 1 is 1.08 bits per heavy atom. The maximum atomic E-state index is 13.0. The van der Waals surface area contributed by atoms with Crippen LogP contribution in [0.1, 0.15) is 5.56 Å². The molecule has 0 atom stereocenters. The number of carbonyl (C=O) groups is 1. The molecule has 2 aromatic carbocycles. The Bertz CT molecular complexity index is 883. The van der Waals surface area contributed by atoms with Crippen LogP contribution in [-0.4, -0.2) is 42.0 Å². The van der Waals surface area contributed by atoms with Crippen LogP contribution in [0.3, 0.4) is 0 Å². The molecule has 4 rings (SSSR count). The fourth-order valence-electron chi connectivity index (χ4n) is 3.16. The Hall–Kier alpha value is -2.89. The van der Waals surface area contributed by atoms with E-state index in [1.807, 2.05) is 23.1 Å². The van der Waals surface area contributed by atoms with E-state index in [1.54, 1.807) is 12.1 Å². The first-order chi connectivity index (χ1) is 12.2. The number of oxazole rings is 1. The summed E-state index contributed by atoms with van der Waals surface area (Å²) in [5.74, 6) is -0.126. The van der Waals surface area contributed by atoms with Gasteiger partial charge in [0.1, 0.15) is 11.3 Å². The summed E-state index contributed by atoms with van der Waals surface area (Å²) in [6.07, 6.45) is 1.76. The van der Waals surface area contributed by atoms with Crippen LogP contribution >= 0.6 is 0 Å². The number of amides is 1. The van der Waals surface area contributed by atoms with Gasteiger partial charge >= 0.3 is 0 Å². The third-order valence-electron chi connectivity index (χ3n) is 4.58. The predicted molar refractivity (Wildman–Crippen MR) is 92.9 cm³/mol. The van der Waals surface area contributed by atoms with E-state index in [-0.39, 0.29) is 11.7 Å². The molecular weight excluding hydrogens is 321 g/mol. The molecule has 0 spiro atoms. The third-order valence-corrected chi connectivity index (χ3v) is 4.58. The molecule has 0 radical (unpaired) electrons. The van der Waals surface area contributed by atoms with E-state index in [0.717, 1.165) is 29.9 Å². The number of halogens is 1. The molecule has 128 valence electrons. The van der Waals surface area contributed by atoms with Crippen LogP contribution in [-0.2, 0) is 11.2 Å². The molecule has 1 amide bonds. The first-order valence-corrected chi connectivity index (χ1v) is 8.29. The Kier molecular flexibility index (Phi) is 4.09. The van der Waals surface area contributed by atoms with Crippen molar-refractivity contribution in [1.29, 1.82) is 0 Å². The van der Waals surface area contributed by atoms with Crippen molar-refractivity contribution in [1.82, 2.24) is 9.88 Å². The summed E-state index contributed by atoms with van der Waals surface area (Å²) < 4.78 is 18.3. The van der Waals surface area contributed by atoms with Gasteiger partial charge in [0.25, 0.3) is 0 Å². The van der Waals surface area contributed by atoms with Crippen LogP contribution in [0.4, 0.5) is 10.1 Å². The zero-order valence-electron chi connectivity index (χ0n) is 13.7. The van der Waals surface area contributed by atoms with E-state index in [1.165, 1.54) is 18.5 Å². The van der Waals surface area contributed by atoms with Crippen LogP contribution in [0.2, 0.25) is 0 Å². The summed E-state index contributed by atoms with van der Waals surface area (Å²) >= 11 is 0. The van der Waals surface area contributed by atoms with Gasteiger partial charge in [-0.3, -0.25) is 4.79 Å². The second-order valence-electron chi connectivity index (χ2n) is 6.18. The molecule has 3 aromatic rings. The van der Waals surface area contributed by atoms with E-state index < -0.39 is 0 Å². The zero-order chi connectivity index (χ0) is 17.2.